The van der Waals surface area contributed by atoms with Gasteiger partial charge >= 0.3 is 5.97 Å². The molecule has 7 nitrogen and oxygen atoms in total. The molecule has 30 heavy (non-hydrogen) atoms. The summed E-state index contributed by atoms with van der Waals surface area (Å²) in [4.78, 5) is 25.0. The topological polar surface area (TPSA) is 97.1 Å². The molecule has 0 aromatic heterocycles. The molecule has 2 heterocycles. The summed E-state index contributed by atoms with van der Waals surface area (Å²) in [5.74, 6) is -2.51. The molecule has 0 aliphatic carbocycles. The maximum Gasteiger partial charge on any atom is 0.339 e. The number of ether oxygens (including phenoxy) is 4. The Kier molecular flexibility index (Phi) is 5.32. The van der Waals surface area contributed by atoms with Crippen molar-refractivity contribution in [2.45, 2.75) is 37.4 Å². The quantitative estimate of drug-likeness (QED) is 0.704. The summed E-state index contributed by atoms with van der Waals surface area (Å²) in [6, 6.07) is 18.8. The van der Waals surface area contributed by atoms with Crippen molar-refractivity contribution >= 4 is 11.9 Å². The van der Waals surface area contributed by atoms with Gasteiger partial charge in [0.25, 0.3) is 0 Å². The molecule has 2 aromatic carbocycles. The molecule has 2 bridgehead atoms. The second-order valence-electron chi connectivity index (χ2n) is 7.28. The van der Waals surface area contributed by atoms with Gasteiger partial charge in [0.1, 0.15) is 17.4 Å². The lowest BCUT2D eigenvalue weighted by atomic mass is 9.88. The van der Waals surface area contributed by atoms with Crippen LogP contribution in [0.2, 0.25) is 0 Å². The Hall–Kier alpha value is -3.16. The number of rotatable bonds is 7. The molecule has 1 fully saturated rings. The fraction of sp³-hybridized carbons (Fsp3) is 0.304. The van der Waals surface area contributed by atoms with Crippen LogP contribution >= 0.6 is 0 Å². The lowest BCUT2D eigenvalue weighted by Gasteiger charge is -2.36. The number of carbonyl (C=O) groups excluding carboxylic acids is 2. The number of methoxy groups -OCH3 is 1. The summed E-state index contributed by atoms with van der Waals surface area (Å²) in [7, 11) is 1.24. The van der Waals surface area contributed by atoms with Crippen LogP contribution in [0.3, 0.4) is 0 Å². The predicted molar refractivity (Wildman–Crippen MR) is 107 cm³/mol. The van der Waals surface area contributed by atoms with E-state index in [-0.39, 0.29) is 11.1 Å². The van der Waals surface area contributed by atoms with Gasteiger partial charge in [-0.15, -0.1) is 0 Å². The first-order valence-corrected chi connectivity index (χ1v) is 9.70. The average molecular weight is 409 g/mol. The van der Waals surface area contributed by atoms with Crippen LogP contribution < -0.4 is 10.5 Å². The van der Waals surface area contributed by atoms with Gasteiger partial charge in [0, 0.05) is 6.42 Å². The summed E-state index contributed by atoms with van der Waals surface area (Å²) < 4.78 is 23.6. The fourth-order valence-electron chi connectivity index (χ4n) is 4.07. The van der Waals surface area contributed by atoms with E-state index in [4.69, 9.17) is 24.7 Å². The zero-order valence-electron chi connectivity index (χ0n) is 16.7. The van der Waals surface area contributed by atoms with E-state index in [9.17, 15) is 9.59 Å². The third-order valence-electron chi connectivity index (χ3n) is 5.36. The highest BCUT2D eigenvalue weighted by atomic mass is 16.8. The fourth-order valence-corrected chi connectivity index (χ4v) is 4.07. The standard InChI is InChI=1S/C23H23NO6/c1-14-20-18(21(24)25)19(22(26)27-2)23(29-14,30-20)17(13-15-9-5-3-6-10-15)28-16-11-7-4-8-12-16/h3-12,14,17,20H,13H2,1-2H3,(H2,24,25). The molecule has 4 rings (SSSR count). The number of para-hydroxylation sites is 1. The van der Waals surface area contributed by atoms with Crippen molar-refractivity contribution < 1.29 is 28.5 Å². The van der Waals surface area contributed by atoms with E-state index in [1.165, 1.54) is 7.11 Å². The SMILES string of the molecule is COC(=O)C1=C(C(N)=O)C2OC1(C(Cc1ccccc1)Oc1ccccc1)OC2C. The zero-order valence-corrected chi connectivity index (χ0v) is 16.7. The molecular formula is C23H23NO6. The number of nitrogens with two attached hydrogens (primary N) is 1. The first kappa shape index (κ1) is 20.1. The van der Waals surface area contributed by atoms with Crippen molar-refractivity contribution in [2.75, 3.05) is 7.11 Å². The largest absolute Gasteiger partial charge is 0.484 e. The summed E-state index contributed by atoms with van der Waals surface area (Å²) in [6.07, 6.45) is -1.67. The maximum absolute atomic E-state index is 12.7. The second kappa shape index (κ2) is 7.93. The van der Waals surface area contributed by atoms with Crippen LogP contribution in [0.25, 0.3) is 0 Å². The van der Waals surface area contributed by atoms with E-state index in [1.54, 1.807) is 19.1 Å². The Morgan fingerprint density at radius 1 is 1.07 bits per heavy atom. The molecule has 2 aromatic rings. The Bertz CT molecular complexity index is 932. The molecule has 4 unspecified atom stereocenters. The number of hydrogen-bond donors (Lipinski definition) is 1. The first-order chi connectivity index (χ1) is 14.5. The molecule has 156 valence electrons. The molecule has 2 N–H and O–H groups in total. The lowest BCUT2D eigenvalue weighted by Crippen LogP contribution is -2.52. The molecular weight excluding hydrogens is 386 g/mol. The Balaban J connectivity index is 1.83. The van der Waals surface area contributed by atoms with Crippen molar-refractivity contribution in [3.05, 3.63) is 77.4 Å². The van der Waals surface area contributed by atoms with E-state index >= 15 is 0 Å². The van der Waals surface area contributed by atoms with Gasteiger partial charge in [-0.25, -0.2) is 4.79 Å². The Morgan fingerprint density at radius 2 is 1.70 bits per heavy atom. The Labute approximate surface area is 174 Å². The van der Waals surface area contributed by atoms with Crippen molar-refractivity contribution in [3.8, 4) is 5.75 Å². The van der Waals surface area contributed by atoms with E-state index < -0.39 is 36.0 Å². The van der Waals surface area contributed by atoms with Gasteiger partial charge < -0.3 is 24.7 Å². The van der Waals surface area contributed by atoms with Crippen LogP contribution in [0.5, 0.6) is 5.75 Å². The van der Waals surface area contributed by atoms with Crippen molar-refractivity contribution in [1.82, 2.24) is 0 Å². The summed E-state index contributed by atoms with van der Waals surface area (Å²) in [5, 5.41) is 0. The van der Waals surface area contributed by atoms with Gasteiger partial charge in [-0.3, -0.25) is 4.79 Å². The minimum absolute atomic E-state index is 0.0301. The summed E-state index contributed by atoms with van der Waals surface area (Å²) >= 11 is 0. The average Bonchev–Trinajstić information content (AvgIpc) is 3.28. The van der Waals surface area contributed by atoms with Crippen LogP contribution in [0.4, 0.5) is 0 Å². The molecule has 1 amide bonds. The van der Waals surface area contributed by atoms with E-state index in [1.807, 2.05) is 48.5 Å². The maximum atomic E-state index is 12.7. The normalized spacial score (nSPS) is 25.8. The van der Waals surface area contributed by atoms with Crippen LogP contribution in [-0.2, 0) is 30.2 Å². The van der Waals surface area contributed by atoms with Crippen LogP contribution in [-0.4, -0.2) is 43.1 Å². The molecule has 0 radical (unpaired) electrons. The number of amides is 1. The minimum atomic E-state index is -1.62. The highest BCUT2D eigenvalue weighted by Crippen LogP contribution is 2.50. The van der Waals surface area contributed by atoms with Gasteiger partial charge in [-0.2, -0.15) is 0 Å². The van der Waals surface area contributed by atoms with Gasteiger partial charge in [-0.1, -0.05) is 48.5 Å². The van der Waals surface area contributed by atoms with E-state index in [0.717, 1.165) is 5.56 Å². The van der Waals surface area contributed by atoms with Crippen LogP contribution in [0.15, 0.2) is 71.8 Å². The number of benzene rings is 2. The number of carbonyl (C=O) groups is 2. The van der Waals surface area contributed by atoms with Crippen molar-refractivity contribution in [3.63, 3.8) is 0 Å². The monoisotopic (exact) mass is 409 g/mol. The minimum Gasteiger partial charge on any atom is -0.484 e. The molecule has 0 spiro atoms. The Morgan fingerprint density at radius 3 is 2.30 bits per heavy atom. The van der Waals surface area contributed by atoms with Crippen LogP contribution in [0, 0.1) is 0 Å². The second-order valence-corrected chi connectivity index (χ2v) is 7.28. The number of primary amides is 1. The number of hydrogen-bond acceptors (Lipinski definition) is 6. The van der Waals surface area contributed by atoms with Gasteiger partial charge in [0.15, 0.2) is 6.10 Å². The third-order valence-corrected chi connectivity index (χ3v) is 5.36. The number of esters is 1. The van der Waals surface area contributed by atoms with E-state index in [2.05, 4.69) is 0 Å². The summed E-state index contributed by atoms with van der Waals surface area (Å²) in [6.45, 7) is 1.77. The number of fused-ring (bicyclic) bond motifs is 2. The molecule has 4 atom stereocenters. The molecule has 1 saturated heterocycles. The summed E-state index contributed by atoms with van der Waals surface area (Å²) in [5.41, 5.74) is 6.61. The molecule has 2 aliphatic rings. The zero-order chi connectivity index (χ0) is 21.3. The van der Waals surface area contributed by atoms with E-state index in [0.29, 0.717) is 12.2 Å². The van der Waals surface area contributed by atoms with Gasteiger partial charge in [-0.05, 0) is 24.6 Å². The van der Waals surface area contributed by atoms with Crippen LogP contribution in [0.1, 0.15) is 12.5 Å². The smallest absolute Gasteiger partial charge is 0.339 e. The lowest BCUT2D eigenvalue weighted by molar-refractivity contribution is -0.195. The molecule has 2 aliphatic heterocycles. The predicted octanol–water partition coefficient (Wildman–Crippen LogP) is 2.15. The third kappa shape index (κ3) is 3.36. The van der Waals surface area contributed by atoms with Crippen molar-refractivity contribution in [1.29, 1.82) is 0 Å². The molecule has 0 saturated carbocycles. The van der Waals surface area contributed by atoms with Gasteiger partial charge in [0.2, 0.25) is 11.7 Å². The van der Waals surface area contributed by atoms with Crippen molar-refractivity contribution in [2.24, 2.45) is 5.73 Å². The first-order valence-electron chi connectivity index (χ1n) is 9.70. The molecule has 7 heteroatoms. The van der Waals surface area contributed by atoms with Gasteiger partial charge in [0.05, 0.1) is 18.8 Å². The highest BCUT2D eigenvalue weighted by molar-refractivity contribution is 6.05. The highest BCUT2D eigenvalue weighted by Gasteiger charge is 2.65.